The largest absolute Gasteiger partial charge is 0.416 e. The van der Waals surface area contributed by atoms with Gasteiger partial charge in [0.1, 0.15) is 9.84 Å². The number of anilines is 1. The Morgan fingerprint density at radius 1 is 1.09 bits per heavy atom. The van der Waals surface area contributed by atoms with E-state index in [1.807, 2.05) is 27.4 Å². The number of hydrogen-bond acceptors (Lipinski definition) is 5. The summed E-state index contributed by atoms with van der Waals surface area (Å²) in [6.07, 6.45) is 3.89. The maximum Gasteiger partial charge on any atom is 0.416 e. The molecule has 1 amide bonds. The number of carbonyl (C=O) groups excluding carboxylic acids is 1. The maximum absolute atomic E-state index is 13.6. The number of amides is 1. The van der Waals surface area contributed by atoms with Gasteiger partial charge in [-0.05, 0) is 49.3 Å². The van der Waals surface area contributed by atoms with Gasteiger partial charge in [-0.25, -0.2) is 8.42 Å². The van der Waals surface area contributed by atoms with Crippen molar-refractivity contribution in [1.82, 2.24) is 4.90 Å². The number of hydrogen-bond donors (Lipinski definition) is 0. The molecule has 0 aliphatic carbocycles. The molecule has 3 aliphatic rings. The Labute approximate surface area is 203 Å². The van der Waals surface area contributed by atoms with Gasteiger partial charge in [-0.2, -0.15) is 13.2 Å². The zero-order valence-electron chi connectivity index (χ0n) is 18.8. The molecule has 0 saturated carbocycles. The minimum Gasteiger partial charge on any atom is -0.368 e. The van der Waals surface area contributed by atoms with Gasteiger partial charge in [0.2, 0.25) is 5.91 Å². The minimum absolute atomic E-state index is 0.0269. The van der Waals surface area contributed by atoms with E-state index in [1.165, 1.54) is 12.1 Å². The first kappa shape index (κ1) is 25.2. The van der Waals surface area contributed by atoms with E-state index in [0.717, 1.165) is 12.5 Å². The van der Waals surface area contributed by atoms with E-state index in [0.29, 0.717) is 44.6 Å². The van der Waals surface area contributed by atoms with Gasteiger partial charge in [-0.15, -0.1) is 11.8 Å². The van der Waals surface area contributed by atoms with Crippen LogP contribution in [0.15, 0.2) is 47.9 Å². The van der Waals surface area contributed by atoms with Gasteiger partial charge < -0.3 is 9.80 Å². The highest BCUT2D eigenvalue weighted by atomic mass is 32.2. The molecule has 2 saturated heterocycles. The van der Waals surface area contributed by atoms with E-state index in [4.69, 9.17) is 0 Å². The smallest absolute Gasteiger partial charge is 0.368 e. The summed E-state index contributed by atoms with van der Waals surface area (Å²) in [5.74, 6) is -0.225. The number of thioether (sulfide) groups is 1. The molecule has 1 aromatic carbocycles. The molecular weight excluding hydrogens is 485 g/mol. The van der Waals surface area contributed by atoms with Crippen LogP contribution in [0.4, 0.5) is 18.9 Å². The lowest BCUT2D eigenvalue weighted by Crippen LogP contribution is -2.59. The summed E-state index contributed by atoms with van der Waals surface area (Å²) in [7, 11) is -3.11. The van der Waals surface area contributed by atoms with E-state index in [2.05, 4.69) is 6.08 Å². The van der Waals surface area contributed by atoms with Crippen molar-refractivity contribution in [1.29, 1.82) is 0 Å². The molecule has 34 heavy (non-hydrogen) atoms. The molecular formula is C24H29F3N2O3S2. The second-order valence-corrected chi connectivity index (χ2v) is 12.4. The number of piperazine rings is 1. The summed E-state index contributed by atoms with van der Waals surface area (Å²) >= 11 is 1.60. The second kappa shape index (κ2) is 10.4. The van der Waals surface area contributed by atoms with Crippen LogP contribution in [0, 0.1) is 5.92 Å². The number of alkyl halides is 3. The number of rotatable bonds is 3. The normalized spacial score (nSPS) is 27.8. The zero-order chi connectivity index (χ0) is 24.3. The fourth-order valence-corrected chi connectivity index (χ4v) is 7.31. The maximum atomic E-state index is 13.6. The number of benzene rings is 1. The van der Waals surface area contributed by atoms with Crippen molar-refractivity contribution < 1.29 is 26.4 Å². The third-order valence-electron chi connectivity index (χ3n) is 6.68. The Morgan fingerprint density at radius 2 is 1.91 bits per heavy atom. The fraction of sp³-hybridized carbons (Fsp3) is 0.542. The lowest BCUT2D eigenvalue weighted by Gasteiger charge is -2.45. The molecule has 0 N–H and O–H groups in total. The van der Waals surface area contributed by atoms with E-state index in [-0.39, 0.29) is 34.6 Å². The standard InChI is InChI=1S/C24H29F3N2O3S2/c25-24(26,27)19-7-4-8-20(16-19)28-11-12-29(21(17-28)22-9-2-1-3-13-33-22)23(30)18-6-5-14-34(31,32)15-10-18/h2-4,7-9,13,16,18,21-22H,1,5-6,10-12,14-15,17H2. The van der Waals surface area contributed by atoms with Gasteiger partial charge in [0.05, 0.1) is 23.1 Å². The zero-order valence-corrected chi connectivity index (χ0v) is 20.4. The van der Waals surface area contributed by atoms with Gasteiger partial charge in [0, 0.05) is 36.5 Å². The van der Waals surface area contributed by atoms with Crippen molar-refractivity contribution in [3.8, 4) is 0 Å². The fourth-order valence-electron chi connectivity index (χ4n) is 4.83. The quantitative estimate of drug-likeness (QED) is 0.556. The van der Waals surface area contributed by atoms with Crippen molar-refractivity contribution in [2.75, 3.05) is 36.0 Å². The molecule has 0 bridgehead atoms. The second-order valence-electron chi connectivity index (χ2n) is 9.01. The number of carbonyl (C=O) groups is 1. The highest BCUT2D eigenvalue weighted by molar-refractivity contribution is 8.02. The average Bonchev–Trinajstić information content (AvgIpc) is 3.18. The molecule has 10 heteroatoms. The predicted molar refractivity (Wildman–Crippen MR) is 129 cm³/mol. The third-order valence-corrected chi connectivity index (χ3v) is 9.59. The number of nitrogens with zero attached hydrogens (tertiary/aromatic N) is 2. The van der Waals surface area contributed by atoms with Crippen LogP contribution in [0.3, 0.4) is 0 Å². The SMILES string of the molecule is O=C(C1CCCS(=O)(=O)CC1)N1CCN(c2cccc(C(F)(F)F)c2)CC1C1C=CCC=CS1. The lowest BCUT2D eigenvalue weighted by molar-refractivity contribution is -0.138. The molecule has 3 aliphatic heterocycles. The van der Waals surface area contributed by atoms with E-state index < -0.39 is 21.6 Å². The number of halogens is 3. The molecule has 3 unspecified atom stereocenters. The van der Waals surface area contributed by atoms with Crippen molar-refractivity contribution in [3.05, 3.63) is 53.5 Å². The number of allylic oxidation sites excluding steroid dienone is 2. The first-order chi connectivity index (χ1) is 16.1. The van der Waals surface area contributed by atoms with Gasteiger partial charge >= 0.3 is 6.18 Å². The van der Waals surface area contributed by atoms with Crippen molar-refractivity contribution in [2.24, 2.45) is 5.92 Å². The van der Waals surface area contributed by atoms with Crippen molar-refractivity contribution in [2.45, 2.75) is 43.2 Å². The molecule has 2 fully saturated rings. The number of sulfone groups is 1. The van der Waals surface area contributed by atoms with Gasteiger partial charge in [0.15, 0.2) is 0 Å². The molecule has 3 atom stereocenters. The third kappa shape index (κ3) is 6.00. The Morgan fingerprint density at radius 3 is 2.71 bits per heavy atom. The van der Waals surface area contributed by atoms with E-state index in [1.54, 1.807) is 17.8 Å². The Hall–Kier alpha value is -1.94. The molecule has 3 heterocycles. The molecule has 0 aromatic heterocycles. The minimum atomic E-state index is -4.42. The van der Waals surface area contributed by atoms with Gasteiger partial charge in [-0.3, -0.25) is 4.79 Å². The molecule has 0 radical (unpaired) electrons. The summed E-state index contributed by atoms with van der Waals surface area (Å²) in [6, 6.07) is 5.09. The Bertz CT molecular complexity index is 1060. The summed E-state index contributed by atoms with van der Waals surface area (Å²) in [4.78, 5) is 17.4. The first-order valence-corrected chi connectivity index (χ1v) is 14.3. The van der Waals surface area contributed by atoms with Crippen LogP contribution < -0.4 is 4.90 Å². The summed E-state index contributed by atoms with van der Waals surface area (Å²) in [5.41, 5.74) is -0.197. The van der Waals surface area contributed by atoms with Crippen molar-refractivity contribution >= 4 is 33.2 Å². The topological polar surface area (TPSA) is 57.7 Å². The molecule has 186 valence electrons. The average molecular weight is 515 g/mol. The van der Waals surface area contributed by atoms with Crippen LogP contribution in [0.25, 0.3) is 0 Å². The van der Waals surface area contributed by atoms with Crippen LogP contribution in [0.2, 0.25) is 0 Å². The lowest BCUT2D eigenvalue weighted by atomic mass is 9.96. The molecule has 5 nitrogen and oxygen atoms in total. The van der Waals surface area contributed by atoms with Crippen molar-refractivity contribution in [3.63, 3.8) is 0 Å². The van der Waals surface area contributed by atoms with Crippen LogP contribution in [-0.4, -0.2) is 61.7 Å². The van der Waals surface area contributed by atoms with Crippen LogP contribution in [0.1, 0.15) is 31.2 Å². The van der Waals surface area contributed by atoms with Crippen LogP contribution in [0.5, 0.6) is 0 Å². The van der Waals surface area contributed by atoms with Crippen LogP contribution in [-0.2, 0) is 20.8 Å². The summed E-state index contributed by atoms with van der Waals surface area (Å²) in [6.45, 7) is 1.22. The first-order valence-electron chi connectivity index (χ1n) is 11.5. The molecule has 0 spiro atoms. The molecule has 4 rings (SSSR count). The summed E-state index contributed by atoms with van der Waals surface area (Å²) < 4.78 is 63.9. The Kier molecular flexibility index (Phi) is 7.66. The predicted octanol–water partition coefficient (Wildman–Crippen LogP) is 4.51. The van der Waals surface area contributed by atoms with E-state index >= 15 is 0 Å². The van der Waals surface area contributed by atoms with Crippen LogP contribution >= 0.6 is 11.8 Å². The summed E-state index contributed by atoms with van der Waals surface area (Å²) in [5, 5.41) is 1.97. The molecule has 1 aromatic rings. The highest BCUT2D eigenvalue weighted by Gasteiger charge is 2.39. The van der Waals surface area contributed by atoms with Gasteiger partial charge in [0.25, 0.3) is 0 Å². The van der Waals surface area contributed by atoms with E-state index in [9.17, 15) is 26.4 Å². The van der Waals surface area contributed by atoms with Gasteiger partial charge in [-0.1, -0.05) is 24.3 Å². The monoisotopic (exact) mass is 514 g/mol. The highest BCUT2D eigenvalue weighted by Crippen LogP contribution is 2.34. The Balaban J connectivity index is 1.58.